The highest BCUT2D eigenvalue weighted by Gasteiger charge is 2.29. The van der Waals surface area contributed by atoms with Gasteiger partial charge in [-0.1, -0.05) is 0 Å². The van der Waals surface area contributed by atoms with Crippen LogP contribution in [-0.2, 0) is 23.3 Å². The number of cyclic esters (lactones) is 2. The van der Waals surface area contributed by atoms with Crippen molar-refractivity contribution in [2.45, 2.75) is 0 Å². The van der Waals surface area contributed by atoms with Crippen LogP contribution in [0.1, 0.15) is 0 Å². The van der Waals surface area contributed by atoms with Crippen LogP contribution in [0.5, 0.6) is 0 Å². The van der Waals surface area contributed by atoms with Crippen molar-refractivity contribution in [2.75, 3.05) is 26.3 Å². The van der Waals surface area contributed by atoms with Crippen molar-refractivity contribution in [2.24, 2.45) is 0 Å². The molecule has 10 heteroatoms. The van der Waals surface area contributed by atoms with Gasteiger partial charge < -0.3 is 9.47 Å². The summed E-state index contributed by atoms with van der Waals surface area (Å²) in [6, 6.07) is 0. The number of nitrogens with zero attached hydrogens (tertiary/aromatic N) is 2. The van der Waals surface area contributed by atoms with E-state index in [-0.39, 0.29) is 26.3 Å². The Hall–Kier alpha value is -1.31. The Bertz CT molecular complexity index is 305. The summed E-state index contributed by atoms with van der Waals surface area (Å²) < 4.78 is 29.7. The molecule has 0 spiro atoms. The Kier molecular flexibility index (Phi) is 3.28. The summed E-state index contributed by atoms with van der Waals surface area (Å²) in [4.78, 5) is 21.8. The van der Waals surface area contributed by atoms with Crippen molar-refractivity contribution < 1.29 is 32.9 Å². The zero-order chi connectivity index (χ0) is 11.5. The van der Waals surface area contributed by atoms with Gasteiger partial charge in [0.05, 0.1) is 13.1 Å². The first kappa shape index (κ1) is 11.2. The third-order valence-electron chi connectivity index (χ3n) is 1.82. The van der Waals surface area contributed by atoms with Gasteiger partial charge in [-0.25, -0.2) is 9.59 Å². The molecule has 2 amide bonds. The topological polar surface area (TPSA) is 94.6 Å². The molecule has 0 bridgehead atoms. The molecule has 0 aliphatic carbocycles. The van der Waals surface area contributed by atoms with E-state index in [4.69, 9.17) is 0 Å². The van der Waals surface area contributed by atoms with Gasteiger partial charge in [0, 0.05) is 0 Å². The number of amides is 2. The maximum absolute atomic E-state index is 11.3. The number of hydrogen-bond donors (Lipinski definition) is 0. The number of hydroxylamine groups is 4. The third kappa shape index (κ3) is 2.43. The monoisotopic (exact) mass is 252 g/mol. The summed E-state index contributed by atoms with van der Waals surface area (Å²) in [6.07, 6.45) is -1.46. The normalized spacial score (nSPS) is 20.6. The molecule has 2 aliphatic heterocycles. The van der Waals surface area contributed by atoms with Crippen molar-refractivity contribution in [3.05, 3.63) is 0 Å². The van der Waals surface area contributed by atoms with Gasteiger partial charge in [0.25, 0.3) is 0 Å². The average Bonchev–Trinajstić information content (AvgIpc) is 2.79. The SMILES string of the molecule is O=C1OCCN1O[PH](=O)ON1CCOC1=O. The lowest BCUT2D eigenvalue weighted by molar-refractivity contribution is -0.0570. The standard InChI is InChI=1S/C6H9N2O7P/c9-5-7(1-3-12-5)14-16(11)15-8-2-4-13-6(8)10/h16H,1-4H2. The number of ether oxygens (including phenoxy) is 2. The van der Waals surface area contributed by atoms with E-state index < -0.39 is 20.4 Å². The molecular weight excluding hydrogens is 243 g/mol. The summed E-state index contributed by atoms with van der Waals surface area (Å²) >= 11 is 0. The highest BCUT2D eigenvalue weighted by atomic mass is 31.1. The van der Waals surface area contributed by atoms with Crippen molar-refractivity contribution in [3.8, 4) is 0 Å². The van der Waals surface area contributed by atoms with Crippen molar-refractivity contribution in [1.82, 2.24) is 10.1 Å². The lowest BCUT2D eigenvalue weighted by Crippen LogP contribution is -2.25. The van der Waals surface area contributed by atoms with Gasteiger partial charge in [-0.15, -0.1) is 0 Å². The second-order valence-corrected chi connectivity index (χ2v) is 3.73. The molecule has 0 aromatic carbocycles. The Balaban J connectivity index is 1.79. The first-order chi connectivity index (χ1) is 7.66. The van der Waals surface area contributed by atoms with Crippen molar-refractivity contribution in [3.63, 3.8) is 0 Å². The fourth-order valence-corrected chi connectivity index (χ4v) is 1.85. The minimum absolute atomic E-state index is 0.166. The molecule has 90 valence electrons. The van der Waals surface area contributed by atoms with E-state index in [0.29, 0.717) is 0 Å². The van der Waals surface area contributed by atoms with E-state index in [0.717, 1.165) is 10.1 Å². The number of carbonyl (C=O) groups is 2. The molecule has 0 radical (unpaired) electrons. The molecule has 2 saturated heterocycles. The zero-order valence-electron chi connectivity index (χ0n) is 8.08. The van der Waals surface area contributed by atoms with Crippen LogP contribution in [-0.4, -0.2) is 48.6 Å². The fraction of sp³-hybridized carbons (Fsp3) is 0.667. The first-order valence-electron chi connectivity index (χ1n) is 4.45. The second kappa shape index (κ2) is 4.69. The molecular formula is C6H9N2O7P. The molecule has 0 saturated carbocycles. The molecule has 0 N–H and O–H groups in total. The lowest BCUT2D eigenvalue weighted by Gasteiger charge is -2.14. The van der Waals surface area contributed by atoms with Gasteiger partial charge in [0.2, 0.25) is 0 Å². The predicted octanol–water partition coefficient (Wildman–Crippen LogP) is 0.144. The van der Waals surface area contributed by atoms with Gasteiger partial charge in [0.1, 0.15) is 13.2 Å². The molecule has 2 aliphatic rings. The van der Waals surface area contributed by atoms with Crippen LogP contribution in [0.2, 0.25) is 0 Å². The molecule has 0 unspecified atom stereocenters. The fourth-order valence-electron chi connectivity index (χ4n) is 1.12. The molecule has 9 nitrogen and oxygen atoms in total. The molecule has 0 atom stereocenters. The smallest absolute Gasteiger partial charge is 0.434 e. The van der Waals surface area contributed by atoms with Crippen molar-refractivity contribution >= 4 is 20.4 Å². The van der Waals surface area contributed by atoms with Gasteiger partial charge in [-0.3, -0.25) is 4.57 Å². The summed E-state index contributed by atoms with van der Waals surface area (Å²) in [7, 11) is -3.02. The van der Waals surface area contributed by atoms with Crippen LogP contribution >= 0.6 is 8.25 Å². The second-order valence-electron chi connectivity index (χ2n) is 2.87. The predicted molar refractivity (Wildman–Crippen MR) is 47.3 cm³/mol. The largest absolute Gasteiger partial charge is 0.446 e. The summed E-state index contributed by atoms with van der Waals surface area (Å²) in [5, 5.41) is 1.56. The number of hydrogen-bond acceptors (Lipinski definition) is 7. The van der Waals surface area contributed by atoms with E-state index in [1.807, 2.05) is 0 Å². The van der Waals surface area contributed by atoms with Crippen LogP contribution in [0.15, 0.2) is 0 Å². The van der Waals surface area contributed by atoms with Gasteiger partial charge in [0.15, 0.2) is 0 Å². The maximum atomic E-state index is 11.3. The highest BCUT2D eigenvalue weighted by Crippen LogP contribution is 2.29. The summed E-state index contributed by atoms with van der Waals surface area (Å²) in [5.41, 5.74) is 0. The van der Waals surface area contributed by atoms with E-state index in [1.54, 1.807) is 0 Å². The molecule has 2 fully saturated rings. The summed E-state index contributed by atoms with van der Waals surface area (Å²) in [6.45, 7) is 0.672. The van der Waals surface area contributed by atoms with Crippen LogP contribution in [0.4, 0.5) is 9.59 Å². The van der Waals surface area contributed by atoms with Gasteiger partial charge in [-0.2, -0.15) is 19.4 Å². The summed E-state index contributed by atoms with van der Waals surface area (Å²) in [5.74, 6) is 0. The lowest BCUT2D eigenvalue weighted by atomic mass is 10.7. The Labute approximate surface area is 90.6 Å². The average molecular weight is 252 g/mol. The number of rotatable bonds is 4. The Morgan fingerprint density at radius 1 is 1.00 bits per heavy atom. The van der Waals surface area contributed by atoms with Crippen LogP contribution < -0.4 is 0 Å². The van der Waals surface area contributed by atoms with E-state index >= 15 is 0 Å². The molecule has 16 heavy (non-hydrogen) atoms. The first-order valence-corrected chi connectivity index (χ1v) is 5.68. The zero-order valence-corrected chi connectivity index (χ0v) is 9.08. The van der Waals surface area contributed by atoms with E-state index in [9.17, 15) is 14.2 Å². The van der Waals surface area contributed by atoms with E-state index in [1.165, 1.54) is 0 Å². The third-order valence-corrected chi connectivity index (χ3v) is 2.56. The Morgan fingerprint density at radius 3 is 1.75 bits per heavy atom. The van der Waals surface area contributed by atoms with Crippen molar-refractivity contribution in [1.29, 1.82) is 0 Å². The minimum Gasteiger partial charge on any atom is -0.446 e. The molecule has 2 rings (SSSR count). The quantitative estimate of drug-likeness (QED) is 0.657. The van der Waals surface area contributed by atoms with Gasteiger partial charge in [-0.05, 0) is 0 Å². The molecule has 2 heterocycles. The molecule has 0 aromatic heterocycles. The maximum Gasteiger partial charge on any atom is 0.434 e. The van der Waals surface area contributed by atoms with E-state index in [2.05, 4.69) is 18.7 Å². The Morgan fingerprint density at radius 2 is 1.44 bits per heavy atom. The van der Waals surface area contributed by atoms with Crippen LogP contribution in [0.25, 0.3) is 0 Å². The minimum atomic E-state index is -3.02. The van der Waals surface area contributed by atoms with Gasteiger partial charge >= 0.3 is 20.4 Å². The molecule has 0 aromatic rings. The number of carbonyl (C=O) groups excluding carboxylic acids is 2. The highest BCUT2D eigenvalue weighted by molar-refractivity contribution is 7.33. The van der Waals surface area contributed by atoms with Crippen LogP contribution in [0, 0.1) is 0 Å². The van der Waals surface area contributed by atoms with Crippen LogP contribution in [0.3, 0.4) is 0 Å².